The summed E-state index contributed by atoms with van der Waals surface area (Å²) in [5.74, 6) is -0.118. The van der Waals surface area contributed by atoms with Crippen LogP contribution in [-0.2, 0) is 17.4 Å². The predicted octanol–water partition coefficient (Wildman–Crippen LogP) is 2.31. The van der Waals surface area contributed by atoms with E-state index in [1.54, 1.807) is 13.8 Å². The number of rotatable bonds is 3. The third-order valence-corrected chi connectivity index (χ3v) is 4.30. The van der Waals surface area contributed by atoms with Gasteiger partial charge in [0, 0.05) is 17.2 Å². The average molecular weight is 385 g/mol. The van der Waals surface area contributed by atoms with Crippen LogP contribution in [0.1, 0.15) is 25.6 Å². The van der Waals surface area contributed by atoms with Crippen LogP contribution in [0, 0.1) is 0 Å². The van der Waals surface area contributed by atoms with E-state index in [2.05, 4.69) is 15.0 Å². The number of aromatic nitrogens is 5. The molecule has 0 saturated heterocycles. The summed E-state index contributed by atoms with van der Waals surface area (Å²) >= 11 is -1.52. The molecule has 26 heavy (non-hydrogen) atoms. The van der Waals surface area contributed by atoms with Gasteiger partial charge in [0.25, 0.3) is 5.56 Å². The van der Waals surface area contributed by atoms with Gasteiger partial charge in [0.15, 0.2) is 11.5 Å². The van der Waals surface area contributed by atoms with Gasteiger partial charge in [-0.05, 0) is 26.0 Å². The Hall–Kier alpha value is -2.40. The van der Waals surface area contributed by atoms with Gasteiger partial charge in [-0.1, -0.05) is 6.07 Å². The Labute approximate surface area is 148 Å². The lowest BCUT2D eigenvalue weighted by Crippen LogP contribution is -2.25. The Balaban J connectivity index is 2.39. The molecule has 3 rings (SSSR count). The van der Waals surface area contributed by atoms with Gasteiger partial charge in [-0.3, -0.25) is 4.79 Å². The van der Waals surface area contributed by atoms with Gasteiger partial charge in [0.1, 0.15) is 17.3 Å². The van der Waals surface area contributed by atoms with Crippen molar-refractivity contribution in [3.8, 4) is 5.82 Å². The second-order valence-corrected chi connectivity index (χ2v) is 7.05. The largest absolute Gasteiger partial charge is 0.609 e. The number of pyridine rings is 1. The van der Waals surface area contributed by atoms with E-state index in [0.717, 1.165) is 6.07 Å². The van der Waals surface area contributed by atoms with Crippen molar-refractivity contribution < 1.29 is 17.7 Å². The lowest BCUT2D eigenvalue weighted by atomic mass is 10.3. The van der Waals surface area contributed by atoms with Crippen molar-refractivity contribution >= 4 is 22.2 Å². The van der Waals surface area contributed by atoms with E-state index in [0.29, 0.717) is 0 Å². The van der Waals surface area contributed by atoms with Crippen molar-refractivity contribution in [1.82, 2.24) is 24.3 Å². The van der Waals surface area contributed by atoms with E-state index in [9.17, 15) is 22.5 Å². The zero-order valence-corrected chi connectivity index (χ0v) is 14.8. The van der Waals surface area contributed by atoms with Crippen LogP contribution in [-0.4, -0.2) is 35.1 Å². The topological polar surface area (TPSA) is 88.7 Å². The Bertz CT molecular complexity index is 1030. The fourth-order valence-electron chi connectivity index (χ4n) is 2.51. The fourth-order valence-corrected chi connectivity index (χ4v) is 2.92. The maximum absolute atomic E-state index is 13.0. The average Bonchev–Trinajstić information content (AvgIpc) is 2.86. The molecule has 11 heteroatoms. The van der Waals surface area contributed by atoms with Crippen LogP contribution in [0.25, 0.3) is 16.9 Å². The van der Waals surface area contributed by atoms with Crippen LogP contribution in [0.3, 0.4) is 0 Å². The molecule has 1 atom stereocenters. The molecule has 0 fully saturated rings. The van der Waals surface area contributed by atoms with Crippen LogP contribution in [0.2, 0.25) is 0 Å². The highest BCUT2D eigenvalue weighted by molar-refractivity contribution is 7.90. The second kappa shape index (κ2) is 6.40. The van der Waals surface area contributed by atoms with E-state index < -0.39 is 28.6 Å². The quantitative estimate of drug-likeness (QED) is 0.510. The van der Waals surface area contributed by atoms with E-state index in [1.165, 1.54) is 33.9 Å². The SMILES string of the molecule is CC(C)n1c(=O)c2cnc([S+](C)[O-])nc2n1-c1cccc(C(F)(F)F)n1. The van der Waals surface area contributed by atoms with E-state index in [-0.39, 0.29) is 28.0 Å². The molecular formula is C15H14F3N5O2S. The number of hydrogen-bond acceptors (Lipinski definition) is 5. The molecule has 1 unspecified atom stereocenters. The molecule has 0 spiro atoms. The standard InChI is InChI=1S/C15H14F3N5O2S/c1-8(2)22-13(24)9-7-19-14(26(3)25)21-12(9)23(22)11-6-4-5-10(20-11)15(16,17)18/h4-8H,1-3H3. The maximum Gasteiger partial charge on any atom is 0.433 e. The highest BCUT2D eigenvalue weighted by Gasteiger charge is 2.33. The Morgan fingerprint density at radius 1 is 1.23 bits per heavy atom. The number of halogens is 3. The smallest absolute Gasteiger partial charge is 0.433 e. The third kappa shape index (κ3) is 3.07. The normalized spacial score (nSPS) is 13.5. The molecule has 0 aliphatic heterocycles. The summed E-state index contributed by atoms with van der Waals surface area (Å²) in [6.45, 7) is 3.41. The van der Waals surface area contributed by atoms with Gasteiger partial charge in [-0.15, -0.1) is 0 Å². The first-order valence-corrected chi connectivity index (χ1v) is 9.05. The minimum atomic E-state index is -4.63. The first-order valence-electron chi connectivity index (χ1n) is 7.49. The van der Waals surface area contributed by atoms with Crippen molar-refractivity contribution in [3.05, 3.63) is 40.4 Å². The zero-order valence-electron chi connectivity index (χ0n) is 14.0. The number of hydrogen-bond donors (Lipinski definition) is 0. The van der Waals surface area contributed by atoms with Crippen LogP contribution in [0.15, 0.2) is 34.3 Å². The van der Waals surface area contributed by atoms with Gasteiger partial charge < -0.3 is 4.55 Å². The second-order valence-electron chi connectivity index (χ2n) is 5.78. The number of nitrogens with zero attached hydrogens (tertiary/aromatic N) is 5. The highest BCUT2D eigenvalue weighted by Crippen LogP contribution is 2.28. The minimum Gasteiger partial charge on any atom is -0.609 e. The Morgan fingerprint density at radius 2 is 1.92 bits per heavy atom. The number of alkyl halides is 3. The van der Waals surface area contributed by atoms with Crippen molar-refractivity contribution in [3.63, 3.8) is 0 Å². The van der Waals surface area contributed by atoms with Crippen molar-refractivity contribution in [2.45, 2.75) is 31.2 Å². The van der Waals surface area contributed by atoms with Gasteiger partial charge >= 0.3 is 11.3 Å². The predicted molar refractivity (Wildman–Crippen MR) is 88.6 cm³/mol. The maximum atomic E-state index is 13.0. The lowest BCUT2D eigenvalue weighted by Gasteiger charge is -2.15. The molecule has 0 aliphatic rings. The molecule has 3 heterocycles. The van der Waals surface area contributed by atoms with Crippen molar-refractivity contribution in [2.75, 3.05) is 6.26 Å². The summed E-state index contributed by atoms with van der Waals surface area (Å²) in [5, 5.41) is 0.0752. The first-order chi connectivity index (χ1) is 12.1. The molecule has 0 bridgehead atoms. The summed E-state index contributed by atoms with van der Waals surface area (Å²) in [6, 6.07) is 3.00. The summed E-state index contributed by atoms with van der Waals surface area (Å²) in [6.07, 6.45) is -2.04. The lowest BCUT2D eigenvalue weighted by molar-refractivity contribution is -0.141. The van der Waals surface area contributed by atoms with Gasteiger partial charge in [0.2, 0.25) is 0 Å². The van der Waals surface area contributed by atoms with Crippen LogP contribution in [0.5, 0.6) is 0 Å². The summed E-state index contributed by atoms with van der Waals surface area (Å²) in [5.41, 5.74) is -1.51. The minimum absolute atomic E-state index is 0.0286. The molecule has 7 nitrogen and oxygen atoms in total. The van der Waals surface area contributed by atoms with E-state index in [4.69, 9.17) is 0 Å². The molecule has 3 aromatic rings. The molecule has 0 saturated carbocycles. The molecule has 3 aromatic heterocycles. The van der Waals surface area contributed by atoms with Crippen LogP contribution in [0.4, 0.5) is 13.2 Å². The molecule has 0 amide bonds. The van der Waals surface area contributed by atoms with E-state index >= 15 is 0 Å². The van der Waals surface area contributed by atoms with Gasteiger partial charge in [-0.2, -0.15) is 23.1 Å². The highest BCUT2D eigenvalue weighted by atomic mass is 32.2. The molecule has 138 valence electrons. The Morgan fingerprint density at radius 3 is 2.50 bits per heavy atom. The zero-order chi connectivity index (χ0) is 19.2. The summed E-state index contributed by atoms with van der Waals surface area (Å²) in [7, 11) is 0. The third-order valence-electron chi connectivity index (χ3n) is 3.59. The van der Waals surface area contributed by atoms with Crippen molar-refractivity contribution in [1.29, 1.82) is 0 Å². The van der Waals surface area contributed by atoms with Gasteiger partial charge in [-0.25, -0.2) is 14.3 Å². The molecule has 0 radical (unpaired) electrons. The molecule has 0 N–H and O–H groups in total. The van der Waals surface area contributed by atoms with E-state index in [1.807, 2.05) is 0 Å². The first kappa shape index (κ1) is 18.4. The fraction of sp³-hybridized carbons (Fsp3) is 0.333. The number of fused-ring (bicyclic) bond motifs is 1. The summed E-state index contributed by atoms with van der Waals surface area (Å²) < 4.78 is 53.2. The molecule has 0 aromatic carbocycles. The molecule has 0 aliphatic carbocycles. The molecular weight excluding hydrogens is 371 g/mol. The van der Waals surface area contributed by atoms with Crippen LogP contribution < -0.4 is 5.56 Å². The summed E-state index contributed by atoms with van der Waals surface area (Å²) in [4.78, 5) is 24.3. The van der Waals surface area contributed by atoms with Gasteiger partial charge in [0.05, 0.1) is 6.20 Å². The Kier molecular flexibility index (Phi) is 4.53. The monoisotopic (exact) mass is 385 g/mol. The van der Waals surface area contributed by atoms with Crippen LogP contribution >= 0.6 is 0 Å². The van der Waals surface area contributed by atoms with Crippen molar-refractivity contribution in [2.24, 2.45) is 0 Å².